The second-order valence-corrected chi connectivity index (χ2v) is 6.29. The van der Waals surface area contributed by atoms with Gasteiger partial charge in [0.15, 0.2) is 6.10 Å². The van der Waals surface area contributed by atoms with Crippen molar-refractivity contribution in [1.29, 1.82) is 0 Å². The van der Waals surface area contributed by atoms with Crippen LogP contribution in [0.15, 0.2) is 60.7 Å². The van der Waals surface area contributed by atoms with E-state index in [1.807, 2.05) is 0 Å². The SMILES string of the molecule is CC(=O)OC1O[C@@H](C)[C@@H](OC(=O)c2ccccc2)[C@H]1OC(=O)c1ccccc1. The third kappa shape index (κ3) is 4.55. The van der Waals surface area contributed by atoms with Crippen LogP contribution >= 0.6 is 0 Å². The molecule has 2 aromatic carbocycles. The molecule has 0 aromatic heterocycles. The highest BCUT2D eigenvalue weighted by atomic mass is 16.7. The Balaban J connectivity index is 1.80. The molecule has 4 atom stereocenters. The number of ether oxygens (including phenoxy) is 4. The standard InChI is InChI=1S/C21H20O7/c1-13-17(27-19(23)15-9-5-3-6-10-15)18(21(25-13)26-14(2)22)28-20(24)16-11-7-4-8-12-16/h3-13,17-18,21H,1-2H3/t13-,17+,18+,21?/m0/s1. The van der Waals surface area contributed by atoms with E-state index in [4.69, 9.17) is 18.9 Å². The third-order valence-electron chi connectivity index (χ3n) is 4.19. The van der Waals surface area contributed by atoms with Crippen molar-refractivity contribution in [3.8, 4) is 0 Å². The van der Waals surface area contributed by atoms with Crippen LogP contribution in [-0.2, 0) is 23.7 Å². The lowest BCUT2D eigenvalue weighted by atomic mass is 10.1. The van der Waals surface area contributed by atoms with Gasteiger partial charge in [-0.15, -0.1) is 0 Å². The molecule has 2 aromatic rings. The summed E-state index contributed by atoms with van der Waals surface area (Å²) in [5, 5.41) is 0. The smallest absolute Gasteiger partial charge is 0.338 e. The zero-order valence-electron chi connectivity index (χ0n) is 15.4. The van der Waals surface area contributed by atoms with E-state index in [0.717, 1.165) is 0 Å². The number of benzene rings is 2. The lowest BCUT2D eigenvalue weighted by molar-refractivity contribution is -0.185. The molecule has 28 heavy (non-hydrogen) atoms. The molecule has 0 bridgehead atoms. The highest BCUT2D eigenvalue weighted by Crippen LogP contribution is 2.29. The summed E-state index contributed by atoms with van der Waals surface area (Å²) in [6.07, 6.45) is -3.86. The van der Waals surface area contributed by atoms with Gasteiger partial charge in [-0.1, -0.05) is 36.4 Å². The van der Waals surface area contributed by atoms with Crippen molar-refractivity contribution in [1.82, 2.24) is 0 Å². The first-order chi connectivity index (χ1) is 13.5. The van der Waals surface area contributed by atoms with Gasteiger partial charge in [-0.3, -0.25) is 4.79 Å². The van der Waals surface area contributed by atoms with Crippen LogP contribution < -0.4 is 0 Å². The van der Waals surface area contributed by atoms with Crippen molar-refractivity contribution in [2.45, 2.75) is 38.4 Å². The number of carbonyl (C=O) groups excluding carboxylic acids is 3. The van der Waals surface area contributed by atoms with Gasteiger partial charge in [-0.25, -0.2) is 9.59 Å². The number of carbonyl (C=O) groups is 3. The minimum atomic E-state index is -1.17. The van der Waals surface area contributed by atoms with E-state index in [0.29, 0.717) is 11.1 Å². The van der Waals surface area contributed by atoms with Gasteiger partial charge in [0.25, 0.3) is 0 Å². The molecular formula is C21H20O7. The topological polar surface area (TPSA) is 88.1 Å². The summed E-state index contributed by atoms with van der Waals surface area (Å²) < 4.78 is 21.7. The summed E-state index contributed by atoms with van der Waals surface area (Å²) in [5.41, 5.74) is 0.663. The Kier molecular flexibility index (Phi) is 6.06. The molecule has 1 fully saturated rings. The molecule has 1 saturated heterocycles. The van der Waals surface area contributed by atoms with E-state index in [-0.39, 0.29) is 0 Å². The lowest BCUT2D eigenvalue weighted by Crippen LogP contribution is -2.41. The molecule has 1 unspecified atom stereocenters. The molecule has 1 aliphatic heterocycles. The molecule has 7 heteroatoms. The van der Waals surface area contributed by atoms with E-state index in [1.54, 1.807) is 67.6 Å². The fourth-order valence-corrected chi connectivity index (χ4v) is 2.86. The molecule has 0 aliphatic carbocycles. The van der Waals surface area contributed by atoms with Crippen molar-refractivity contribution in [3.05, 3.63) is 71.8 Å². The highest BCUT2D eigenvalue weighted by molar-refractivity contribution is 5.90. The average molecular weight is 384 g/mol. The van der Waals surface area contributed by atoms with Crippen LogP contribution in [0.5, 0.6) is 0 Å². The van der Waals surface area contributed by atoms with Crippen LogP contribution in [0.3, 0.4) is 0 Å². The van der Waals surface area contributed by atoms with E-state index in [2.05, 4.69) is 0 Å². The Morgan fingerprint density at radius 2 is 1.21 bits per heavy atom. The normalized spacial score (nSPS) is 23.6. The van der Waals surface area contributed by atoms with Crippen molar-refractivity contribution in [3.63, 3.8) is 0 Å². The molecule has 0 saturated carbocycles. The zero-order chi connectivity index (χ0) is 20.1. The summed E-state index contributed by atoms with van der Waals surface area (Å²) in [7, 11) is 0. The minimum Gasteiger partial charge on any atom is -0.452 e. The maximum Gasteiger partial charge on any atom is 0.338 e. The first-order valence-electron chi connectivity index (χ1n) is 8.80. The Hall–Kier alpha value is -3.19. The minimum absolute atomic E-state index is 0.316. The summed E-state index contributed by atoms with van der Waals surface area (Å²) in [6, 6.07) is 16.7. The Labute approximate surface area is 162 Å². The molecule has 0 amide bonds. The van der Waals surface area contributed by atoms with Crippen molar-refractivity contribution < 1.29 is 33.3 Å². The maximum absolute atomic E-state index is 12.5. The molecule has 7 nitrogen and oxygen atoms in total. The predicted octanol–water partition coefficient (Wildman–Crippen LogP) is 2.75. The molecular weight excluding hydrogens is 364 g/mol. The van der Waals surface area contributed by atoms with Crippen LogP contribution in [-0.4, -0.2) is 42.5 Å². The zero-order valence-corrected chi connectivity index (χ0v) is 15.4. The molecule has 1 heterocycles. The van der Waals surface area contributed by atoms with E-state index in [9.17, 15) is 14.4 Å². The molecule has 0 N–H and O–H groups in total. The van der Waals surface area contributed by atoms with Crippen molar-refractivity contribution >= 4 is 17.9 Å². The van der Waals surface area contributed by atoms with E-state index >= 15 is 0 Å². The van der Waals surface area contributed by atoms with Crippen LogP contribution in [0.2, 0.25) is 0 Å². The second kappa shape index (κ2) is 8.67. The van der Waals surface area contributed by atoms with Gasteiger partial charge in [0.1, 0.15) is 6.10 Å². The van der Waals surface area contributed by atoms with Gasteiger partial charge in [0.2, 0.25) is 12.4 Å². The number of hydrogen-bond donors (Lipinski definition) is 0. The van der Waals surface area contributed by atoms with Crippen LogP contribution in [0.4, 0.5) is 0 Å². The van der Waals surface area contributed by atoms with Crippen molar-refractivity contribution in [2.75, 3.05) is 0 Å². The number of rotatable bonds is 5. The van der Waals surface area contributed by atoms with E-state index < -0.39 is 42.5 Å². The summed E-state index contributed by atoms with van der Waals surface area (Å²) >= 11 is 0. The lowest BCUT2D eigenvalue weighted by Gasteiger charge is -2.23. The second-order valence-electron chi connectivity index (χ2n) is 6.29. The van der Waals surface area contributed by atoms with Crippen LogP contribution in [0.25, 0.3) is 0 Å². The van der Waals surface area contributed by atoms with Gasteiger partial charge >= 0.3 is 17.9 Å². The van der Waals surface area contributed by atoms with Crippen molar-refractivity contribution in [2.24, 2.45) is 0 Å². The molecule has 3 rings (SSSR count). The maximum atomic E-state index is 12.5. The van der Waals surface area contributed by atoms with Gasteiger partial charge in [0.05, 0.1) is 11.1 Å². The fraction of sp³-hybridized carbons (Fsp3) is 0.286. The number of esters is 3. The van der Waals surface area contributed by atoms with Gasteiger partial charge in [0, 0.05) is 6.92 Å². The predicted molar refractivity (Wildman–Crippen MR) is 97.4 cm³/mol. The molecule has 0 spiro atoms. The Morgan fingerprint density at radius 3 is 1.68 bits per heavy atom. The van der Waals surface area contributed by atoms with Gasteiger partial charge in [-0.05, 0) is 31.2 Å². The van der Waals surface area contributed by atoms with E-state index in [1.165, 1.54) is 6.92 Å². The fourth-order valence-electron chi connectivity index (χ4n) is 2.86. The first kappa shape index (κ1) is 19.6. The summed E-state index contributed by atoms with van der Waals surface area (Å²) in [5.74, 6) is -1.83. The average Bonchev–Trinajstić information content (AvgIpc) is 2.97. The summed E-state index contributed by atoms with van der Waals surface area (Å²) in [4.78, 5) is 36.3. The van der Waals surface area contributed by atoms with Gasteiger partial charge in [-0.2, -0.15) is 0 Å². The monoisotopic (exact) mass is 384 g/mol. The Morgan fingerprint density at radius 1 is 0.750 bits per heavy atom. The Bertz CT molecular complexity index is 834. The summed E-state index contributed by atoms with van der Waals surface area (Å²) in [6.45, 7) is 2.86. The van der Waals surface area contributed by atoms with Crippen LogP contribution in [0.1, 0.15) is 34.6 Å². The molecule has 146 valence electrons. The van der Waals surface area contributed by atoms with Gasteiger partial charge < -0.3 is 18.9 Å². The first-order valence-corrected chi connectivity index (χ1v) is 8.80. The highest BCUT2D eigenvalue weighted by Gasteiger charge is 2.49. The van der Waals surface area contributed by atoms with Crippen LogP contribution in [0, 0.1) is 0 Å². The molecule has 0 radical (unpaired) electrons. The quantitative estimate of drug-likeness (QED) is 0.578. The molecule has 1 aliphatic rings. The third-order valence-corrected chi connectivity index (χ3v) is 4.19. The number of hydrogen-bond acceptors (Lipinski definition) is 7. The largest absolute Gasteiger partial charge is 0.452 e.